The second kappa shape index (κ2) is 8.28. The number of nitrogens with one attached hydrogen (secondary N) is 5. The quantitative estimate of drug-likeness (QED) is 0.526. The molecule has 134 valence electrons. The first-order valence-corrected chi connectivity index (χ1v) is 7.68. The molecule has 0 heterocycles. The van der Waals surface area contributed by atoms with E-state index in [1.807, 2.05) is 19.2 Å². The topological polar surface area (TPSA) is 104 Å². The number of carbonyl (C=O) groups excluding carboxylic acids is 2. The standard InChI is InChI=1S/C16H27N5O3/c1-16(2,3)24-15(23)21-20-14(22)9-11-12(18-5)7-10(17-4)8-13(11)19-6/h7-8,17-19H,9H2,1-6H3,(H,20,22)(H,21,23). The number of benzene rings is 1. The maximum atomic E-state index is 12.1. The number of ether oxygens (including phenoxy) is 1. The summed E-state index contributed by atoms with van der Waals surface area (Å²) in [6, 6.07) is 3.81. The van der Waals surface area contributed by atoms with Gasteiger partial charge in [-0.1, -0.05) is 0 Å². The summed E-state index contributed by atoms with van der Waals surface area (Å²) in [5.41, 5.74) is 7.31. The van der Waals surface area contributed by atoms with Gasteiger partial charge in [0, 0.05) is 43.8 Å². The highest BCUT2D eigenvalue weighted by molar-refractivity contribution is 5.86. The lowest BCUT2D eigenvalue weighted by molar-refractivity contribution is -0.121. The molecule has 0 atom stereocenters. The Labute approximate surface area is 142 Å². The summed E-state index contributed by atoms with van der Waals surface area (Å²) in [4.78, 5) is 23.7. The van der Waals surface area contributed by atoms with Crippen LogP contribution < -0.4 is 26.8 Å². The van der Waals surface area contributed by atoms with Gasteiger partial charge in [0.1, 0.15) is 5.60 Å². The van der Waals surface area contributed by atoms with Crippen molar-refractivity contribution in [3.63, 3.8) is 0 Å². The molecule has 1 aromatic rings. The molecule has 1 rings (SSSR count). The van der Waals surface area contributed by atoms with Crippen LogP contribution in [0.15, 0.2) is 12.1 Å². The maximum Gasteiger partial charge on any atom is 0.426 e. The summed E-state index contributed by atoms with van der Waals surface area (Å²) in [5, 5.41) is 9.21. The maximum absolute atomic E-state index is 12.1. The van der Waals surface area contributed by atoms with Crippen LogP contribution in [-0.2, 0) is 16.0 Å². The van der Waals surface area contributed by atoms with E-state index in [1.54, 1.807) is 34.9 Å². The molecule has 0 aromatic heterocycles. The molecular weight excluding hydrogens is 310 g/mol. The van der Waals surface area contributed by atoms with E-state index in [0.29, 0.717) is 0 Å². The highest BCUT2D eigenvalue weighted by atomic mass is 16.6. The molecule has 0 aliphatic rings. The van der Waals surface area contributed by atoms with Crippen LogP contribution in [0.1, 0.15) is 26.3 Å². The van der Waals surface area contributed by atoms with Crippen molar-refractivity contribution in [2.45, 2.75) is 32.8 Å². The fourth-order valence-corrected chi connectivity index (χ4v) is 2.08. The fourth-order valence-electron chi connectivity index (χ4n) is 2.08. The number of amides is 2. The van der Waals surface area contributed by atoms with Crippen LogP contribution in [-0.4, -0.2) is 38.7 Å². The van der Waals surface area contributed by atoms with Crippen LogP contribution >= 0.6 is 0 Å². The number of hydrazine groups is 1. The number of carbonyl (C=O) groups is 2. The van der Waals surface area contributed by atoms with Gasteiger partial charge in [-0.2, -0.15) is 0 Å². The van der Waals surface area contributed by atoms with E-state index in [2.05, 4.69) is 26.8 Å². The minimum Gasteiger partial charge on any atom is -0.443 e. The van der Waals surface area contributed by atoms with Gasteiger partial charge in [0.25, 0.3) is 0 Å². The van der Waals surface area contributed by atoms with E-state index in [-0.39, 0.29) is 12.3 Å². The van der Waals surface area contributed by atoms with Crippen molar-refractivity contribution in [1.29, 1.82) is 0 Å². The van der Waals surface area contributed by atoms with E-state index in [0.717, 1.165) is 22.6 Å². The normalized spacial score (nSPS) is 10.6. The van der Waals surface area contributed by atoms with Crippen LogP contribution in [0.25, 0.3) is 0 Å². The van der Waals surface area contributed by atoms with E-state index in [4.69, 9.17) is 4.74 Å². The van der Waals surface area contributed by atoms with Crippen LogP contribution in [0.5, 0.6) is 0 Å². The average molecular weight is 337 g/mol. The Kier molecular flexibility index (Phi) is 6.69. The summed E-state index contributed by atoms with van der Waals surface area (Å²) in [6.07, 6.45) is -0.615. The largest absolute Gasteiger partial charge is 0.443 e. The molecule has 1 aromatic carbocycles. The van der Waals surface area contributed by atoms with Gasteiger partial charge in [-0.3, -0.25) is 10.2 Å². The third kappa shape index (κ3) is 5.86. The summed E-state index contributed by atoms with van der Waals surface area (Å²) in [7, 11) is 5.40. The zero-order valence-electron chi connectivity index (χ0n) is 15.1. The average Bonchev–Trinajstić information content (AvgIpc) is 2.51. The zero-order chi connectivity index (χ0) is 18.3. The first kappa shape index (κ1) is 19.4. The van der Waals surface area contributed by atoms with Crippen molar-refractivity contribution in [2.75, 3.05) is 37.1 Å². The van der Waals surface area contributed by atoms with Gasteiger partial charge in [0.2, 0.25) is 5.91 Å². The second-order valence-electron chi connectivity index (χ2n) is 6.15. The van der Waals surface area contributed by atoms with Crippen molar-refractivity contribution in [3.8, 4) is 0 Å². The highest BCUT2D eigenvalue weighted by Gasteiger charge is 2.17. The van der Waals surface area contributed by atoms with Crippen molar-refractivity contribution in [3.05, 3.63) is 17.7 Å². The zero-order valence-corrected chi connectivity index (χ0v) is 15.1. The van der Waals surface area contributed by atoms with E-state index < -0.39 is 11.7 Å². The van der Waals surface area contributed by atoms with Gasteiger partial charge in [-0.15, -0.1) is 0 Å². The molecule has 0 aliphatic heterocycles. The molecule has 0 aliphatic carbocycles. The molecular formula is C16H27N5O3. The predicted molar refractivity (Wildman–Crippen MR) is 96.3 cm³/mol. The van der Waals surface area contributed by atoms with Crippen molar-refractivity contribution >= 4 is 29.1 Å². The van der Waals surface area contributed by atoms with Crippen LogP contribution in [0.3, 0.4) is 0 Å². The van der Waals surface area contributed by atoms with E-state index in [9.17, 15) is 9.59 Å². The second-order valence-corrected chi connectivity index (χ2v) is 6.15. The third-order valence-electron chi connectivity index (χ3n) is 3.12. The molecule has 2 amide bonds. The van der Waals surface area contributed by atoms with Crippen LogP contribution in [0, 0.1) is 0 Å². The van der Waals surface area contributed by atoms with Crippen molar-refractivity contribution in [1.82, 2.24) is 10.9 Å². The highest BCUT2D eigenvalue weighted by Crippen LogP contribution is 2.29. The summed E-state index contributed by atoms with van der Waals surface area (Å²) >= 11 is 0. The Morgan fingerprint density at radius 2 is 1.50 bits per heavy atom. The Balaban J connectivity index is 2.78. The number of hydrogen-bond acceptors (Lipinski definition) is 6. The summed E-state index contributed by atoms with van der Waals surface area (Å²) in [6.45, 7) is 5.24. The lowest BCUT2D eigenvalue weighted by atomic mass is 10.1. The van der Waals surface area contributed by atoms with Crippen molar-refractivity contribution in [2.24, 2.45) is 0 Å². The molecule has 24 heavy (non-hydrogen) atoms. The van der Waals surface area contributed by atoms with Gasteiger partial charge < -0.3 is 20.7 Å². The van der Waals surface area contributed by atoms with Gasteiger partial charge in [0.15, 0.2) is 0 Å². The molecule has 0 fully saturated rings. The molecule has 8 nitrogen and oxygen atoms in total. The molecule has 0 bridgehead atoms. The number of hydrogen-bond donors (Lipinski definition) is 5. The number of anilines is 3. The van der Waals surface area contributed by atoms with Crippen molar-refractivity contribution < 1.29 is 14.3 Å². The van der Waals surface area contributed by atoms with E-state index >= 15 is 0 Å². The third-order valence-corrected chi connectivity index (χ3v) is 3.12. The Bertz CT molecular complexity index is 571. The van der Waals surface area contributed by atoms with Gasteiger partial charge in [-0.25, -0.2) is 10.2 Å². The molecule has 0 radical (unpaired) electrons. The first-order chi connectivity index (χ1) is 11.2. The smallest absolute Gasteiger partial charge is 0.426 e. The number of rotatable bonds is 5. The summed E-state index contributed by atoms with van der Waals surface area (Å²) in [5.74, 6) is -0.355. The van der Waals surface area contributed by atoms with Gasteiger partial charge in [-0.05, 0) is 32.9 Å². The summed E-state index contributed by atoms with van der Waals surface area (Å²) < 4.78 is 5.06. The van der Waals surface area contributed by atoms with Crippen LogP contribution in [0.4, 0.5) is 21.9 Å². The monoisotopic (exact) mass is 337 g/mol. The first-order valence-electron chi connectivity index (χ1n) is 7.68. The predicted octanol–water partition coefficient (Wildman–Crippen LogP) is 1.91. The lowest BCUT2D eigenvalue weighted by Gasteiger charge is -2.20. The van der Waals surface area contributed by atoms with Crippen LogP contribution in [0.2, 0.25) is 0 Å². The molecule has 0 saturated heterocycles. The molecule has 5 N–H and O–H groups in total. The Morgan fingerprint density at radius 1 is 0.958 bits per heavy atom. The lowest BCUT2D eigenvalue weighted by Crippen LogP contribution is -2.44. The Hall–Kier alpha value is -2.64. The molecule has 0 spiro atoms. The molecule has 0 unspecified atom stereocenters. The molecule has 0 saturated carbocycles. The molecule has 8 heteroatoms. The van der Waals surface area contributed by atoms with Gasteiger partial charge >= 0.3 is 6.09 Å². The fraction of sp³-hybridized carbons (Fsp3) is 0.500. The SMILES string of the molecule is CNc1cc(NC)c(CC(=O)NNC(=O)OC(C)(C)C)c(NC)c1. The van der Waals surface area contributed by atoms with E-state index in [1.165, 1.54) is 0 Å². The Morgan fingerprint density at radius 3 is 1.92 bits per heavy atom. The minimum absolute atomic E-state index is 0.0894. The minimum atomic E-state index is -0.705. The van der Waals surface area contributed by atoms with Gasteiger partial charge in [0.05, 0.1) is 6.42 Å².